The standard InChI is InChI=1S/C15H21N5O6S/c16-19-15(24)18-9-12(14(22)23)20(13(21)11-7-4-8-17-11)27(25,26)10-5-2-1-3-6-10/h1-3,5-6,11-12,17H,4,7-9,16H2,(H,22,23)(H2,18,19,24)/t11-,12-/m0/s1. The average molecular weight is 399 g/mol. The van der Waals surface area contributed by atoms with E-state index >= 15 is 0 Å². The molecule has 3 amide bonds. The third kappa shape index (κ3) is 4.72. The minimum Gasteiger partial charge on any atom is -0.480 e. The van der Waals surface area contributed by atoms with Crippen molar-refractivity contribution >= 4 is 27.9 Å². The summed E-state index contributed by atoms with van der Waals surface area (Å²) < 4.78 is 26.4. The van der Waals surface area contributed by atoms with Crippen LogP contribution in [0.5, 0.6) is 0 Å². The molecule has 1 aliphatic rings. The average Bonchev–Trinajstić information content (AvgIpc) is 3.19. The van der Waals surface area contributed by atoms with Crippen molar-refractivity contribution in [1.82, 2.24) is 20.4 Å². The van der Waals surface area contributed by atoms with Crippen molar-refractivity contribution in [2.24, 2.45) is 5.84 Å². The summed E-state index contributed by atoms with van der Waals surface area (Å²) in [5.74, 6) is 2.45. The number of hydrogen-bond acceptors (Lipinski definition) is 7. The number of carboxylic acids is 1. The molecule has 2 rings (SSSR count). The summed E-state index contributed by atoms with van der Waals surface area (Å²) in [5, 5.41) is 14.5. The van der Waals surface area contributed by atoms with Crippen molar-refractivity contribution in [1.29, 1.82) is 0 Å². The number of carbonyl (C=O) groups excluding carboxylic acids is 2. The highest BCUT2D eigenvalue weighted by Gasteiger charge is 2.43. The largest absolute Gasteiger partial charge is 0.480 e. The Balaban J connectivity index is 2.45. The number of sulfonamides is 1. The van der Waals surface area contributed by atoms with Gasteiger partial charge in [0.2, 0.25) is 0 Å². The van der Waals surface area contributed by atoms with Gasteiger partial charge in [0.05, 0.1) is 17.5 Å². The van der Waals surface area contributed by atoms with Crippen molar-refractivity contribution in [3.8, 4) is 0 Å². The smallest absolute Gasteiger partial charge is 0.329 e. The first-order valence-electron chi connectivity index (χ1n) is 8.13. The maximum Gasteiger partial charge on any atom is 0.329 e. The van der Waals surface area contributed by atoms with E-state index in [1.807, 2.05) is 0 Å². The summed E-state index contributed by atoms with van der Waals surface area (Å²) >= 11 is 0. The number of carboxylic acid groups (broad SMARTS) is 1. The van der Waals surface area contributed by atoms with Crippen LogP contribution in [0.2, 0.25) is 0 Å². The molecule has 0 saturated carbocycles. The first kappa shape index (κ1) is 20.6. The number of nitrogens with two attached hydrogens (primary N) is 1. The van der Waals surface area contributed by atoms with Crippen molar-refractivity contribution in [2.45, 2.75) is 29.8 Å². The van der Waals surface area contributed by atoms with Gasteiger partial charge in [-0.05, 0) is 31.5 Å². The Morgan fingerprint density at radius 3 is 2.48 bits per heavy atom. The molecular formula is C15H21N5O6S. The van der Waals surface area contributed by atoms with E-state index in [4.69, 9.17) is 5.84 Å². The topological polar surface area (TPSA) is 171 Å². The molecule has 2 atom stereocenters. The zero-order valence-electron chi connectivity index (χ0n) is 14.3. The maximum atomic E-state index is 13.1. The summed E-state index contributed by atoms with van der Waals surface area (Å²) in [7, 11) is -4.48. The molecule has 0 radical (unpaired) electrons. The Morgan fingerprint density at radius 2 is 1.96 bits per heavy atom. The molecule has 27 heavy (non-hydrogen) atoms. The minimum atomic E-state index is -4.48. The van der Waals surface area contributed by atoms with Crippen molar-refractivity contribution in [3.63, 3.8) is 0 Å². The molecular weight excluding hydrogens is 378 g/mol. The van der Waals surface area contributed by atoms with Gasteiger partial charge in [-0.1, -0.05) is 18.2 Å². The van der Waals surface area contributed by atoms with E-state index in [-0.39, 0.29) is 4.90 Å². The van der Waals surface area contributed by atoms with E-state index in [1.54, 1.807) is 11.5 Å². The van der Waals surface area contributed by atoms with Gasteiger partial charge in [0.1, 0.15) is 0 Å². The molecule has 1 heterocycles. The van der Waals surface area contributed by atoms with E-state index in [0.29, 0.717) is 23.7 Å². The third-order valence-corrected chi connectivity index (χ3v) is 5.85. The molecule has 0 unspecified atom stereocenters. The summed E-state index contributed by atoms with van der Waals surface area (Å²) in [6.07, 6.45) is 1.03. The van der Waals surface area contributed by atoms with Gasteiger partial charge >= 0.3 is 12.0 Å². The molecule has 0 aliphatic carbocycles. The minimum absolute atomic E-state index is 0.231. The highest BCUT2D eigenvalue weighted by Crippen LogP contribution is 2.21. The lowest BCUT2D eigenvalue weighted by atomic mass is 10.2. The van der Waals surface area contributed by atoms with Crippen LogP contribution < -0.4 is 21.9 Å². The Kier molecular flexibility index (Phi) is 6.71. The number of carbonyl (C=O) groups is 3. The van der Waals surface area contributed by atoms with E-state index in [1.165, 1.54) is 24.3 Å². The molecule has 0 aromatic heterocycles. The van der Waals surface area contributed by atoms with Crippen molar-refractivity contribution in [3.05, 3.63) is 30.3 Å². The summed E-state index contributed by atoms with van der Waals surface area (Å²) in [6, 6.07) is 3.44. The van der Waals surface area contributed by atoms with Crippen LogP contribution in [-0.4, -0.2) is 60.9 Å². The second-order valence-corrected chi connectivity index (χ2v) is 7.62. The van der Waals surface area contributed by atoms with Crippen molar-refractivity contribution in [2.75, 3.05) is 13.1 Å². The monoisotopic (exact) mass is 399 g/mol. The van der Waals surface area contributed by atoms with E-state index in [2.05, 4.69) is 10.6 Å². The second kappa shape index (κ2) is 8.79. The number of hydrazine groups is 1. The highest BCUT2D eigenvalue weighted by molar-refractivity contribution is 7.89. The van der Waals surface area contributed by atoms with Crippen LogP contribution in [-0.2, 0) is 19.6 Å². The van der Waals surface area contributed by atoms with Crippen LogP contribution in [0.3, 0.4) is 0 Å². The number of amides is 3. The van der Waals surface area contributed by atoms with Crippen LogP contribution in [0.4, 0.5) is 4.79 Å². The predicted octanol–water partition coefficient (Wildman–Crippen LogP) is -1.42. The maximum absolute atomic E-state index is 13.1. The van der Waals surface area contributed by atoms with Gasteiger partial charge in [-0.2, -0.15) is 0 Å². The lowest BCUT2D eigenvalue weighted by Crippen LogP contribution is -2.58. The molecule has 11 nitrogen and oxygen atoms in total. The molecule has 0 bridgehead atoms. The molecule has 1 aliphatic heterocycles. The van der Waals surface area contributed by atoms with Crippen molar-refractivity contribution < 1.29 is 27.9 Å². The third-order valence-electron chi connectivity index (χ3n) is 4.03. The summed E-state index contributed by atoms with van der Waals surface area (Å²) in [4.78, 5) is 35.7. The molecule has 12 heteroatoms. The van der Waals surface area contributed by atoms with Gasteiger partial charge in [0.15, 0.2) is 6.04 Å². The number of benzene rings is 1. The molecule has 1 fully saturated rings. The van der Waals surface area contributed by atoms with Gasteiger partial charge in [-0.3, -0.25) is 10.2 Å². The summed E-state index contributed by atoms with van der Waals surface area (Å²) in [6.45, 7) is -0.135. The normalized spacial score (nSPS) is 17.7. The Bertz CT molecular complexity index is 794. The fraction of sp³-hybridized carbons (Fsp3) is 0.400. The number of nitrogens with one attached hydrogen (secondary N) is 3. The Hall–Kier alpha value is -2.70. The molecule has 6 N–H and O–H groups in total. The first-order valence-corrected chi connectivity index (χ1v) is 9.57. The first-order chi connectivity index (χ1) is 12.8. The number of nitrogens with zero attached hydrogens (tertiary/aromatic N) is 1. The van der Waals surface area contributed by atoms with Crippen LogP contribution in [0, 0.1) is 0 Å². The van der Waals surface area contributed by atoms with Crippen LogP contribution >= 0.6 is 0 Å². The molecule has 1 aromatic rings. The fourth-order valence-corrected chi connectivity index (χ4v) is 4.30. The van der Waals surface area contributed by atoms with Gasteiger partial charge in [0, 0.05) is 0 Å². The van der Waals surface area contributed by atoms with Gasteiger partial charge in [-0.15, -0.1) is 0 Å². The van der Waals surface area contributed by atoms with Crippen LogP contribution in [0.15, 0.2) is 35.2 Å². The summed E-state index contributed by atoms with van der Waals surface area (Å²) in [5.41, 5.74) is 1.74. The molecule has 148 valence electrons. The quantitative estimate of drug-likeness (QED) is 0.211. The van der Waals surface area contributed by atoms with Crippen LogP contribution in [0.1, 0.15) is 12.8 Å². The number of urea groups is 1. The Morgan fingerprint density at radius 1 is 1.30 bits per heavy atom. The second-order valence-electron chi connectivity index (χ2n) is 5.81. The SMILES string of the molecule is NNC(=O)NC[C@@H](C(=O)O)N(C(=O)[C@@H]1CCCN1)S(=O)(=O)c1ccccc1. The van der Waals surface area contributed by atoms with Gasteiger partial charge in [0.25, 0.3) is 15.9 Å². The Labute approximate surface area is 155 Å². The number of hydrogen-bond donors (Lipinski definition) is 5. The van der Waals surface area contributed by atoms with E-state index in [9.17, 15) is 27.9 Å². The van der Waals surface area contributed by atoms with Gasteiger partial charge < -0.3 is 15.7 Å². The number of aliphatic carboxylic acids is 1. The highest BCUT2D eigenvalue weighted by atomic mass is 32.2. The van der Waals surface area contributed by atoms with Crippen LogP contribution in [0.25, 0.3) is 0 Å². The van der Waals surface area contributed by atoms with Gasteiger partial charge in [-0.25, -0.2) is 28.2 Å². The number of rotatable bonds is 7. The van der Waals surface area contributed by atoms with E-state index < -0.39 is 46.6 Å². The van der Waals surface area contributed by atoms with E-state index in [0.717, 1.165) is 0 Å². The fourth-order valence-electron chi connectivity index (χ4n) is 2.71. The molecule has 0 spiro atoms. The zero-order valence-corrected chi connectivity index (χ0v) is 15.1. The molecule has 1 aromatic carbocycles. The lowest BCUT2D eigenvalue weighted by Gasteiger charge is -2.30. The lowest BCUT2D eigenvalue weighted by molar-refractivity contribution is -0.146. The predicted molar refractivity (Wildman–Crippen MR) is 93.6 cm³/mol. The molecule has 1 saturated heterocycles. The zero-order chi connectivity index (χ0) is 20.0.